The van der Waals surface area contributed by atoms with Gasteiger partial charge in [-0.25, -0.2) is 0 Å². The number of nitrogens with zero attached hydrogens (tertiary/aromatic N) is 4. The standard InChI is InChI=1S/C12H15N5O2/c1-18-9-4-3-8(15-16-9)10-14-11(19-17-10)12(7-13)5-2-6-12/h3-4H,2,5-7,13H2,1H3. The molecule has 0 unspecified atom stereocenters. The summed E-state index contributed by atoms with van der Waals surface area (Å²) in [7, 11) is 1.54. The maximum atomic E-state index is 5.81. The van der Waals surface area contributed by atoms with Crippen molar-refractivity contribution in [3.63, 3.8) is 0 Å². The highest BCUT2D eigenvalue weighted by Gasteiger charge is 2.42. The van der Waals surface area contributed by atoms with Crippen LogP contribution in [0.1, 0.15) is 25.2 Å². The highest BCUT2D eigenvalue weighted by atomic mass is 16.5. The van der Waals surface area contributed by atoms with Crippen molar-refractivity contribution < 1.29 is 9.26 Å². The summed E-state index contributed by atoms with van der Waals surface area (Å²) in [5.74, 6) is 1.49. The Morgan fingerprint density at radius 3 is 2.74 bits per heavy atom. The average molecular weight is 261 g/mol. The summed E-state index contributed by atoms with van der Waals surface area (Å²) in [6.07, 6.45) is 3.15. The highest BCUT2D eigenvalue weighted by molar-refractivity contribution is 5.47. The number of rotatable bonds is 4. The summed E-state index contributed by atoms with van der Waals surface area (Å²) in [5, 5.41) is 11.8. The summed E-state index contributed by atoms with van der Waals surface area (Å²) >= 11 is 0. The minimum Gasteiger partial charge on any atom is -0.480 e. The van der Waals surface area contributed by atoms with Gasteiger partial charge in [-0.15, -0.1) is 10.2 Å². The van der Waals surface area contributed by atoms with Crippen LogP contribution in [-0.2, 0) is 5.41 Å². The smallest absolute Gasteiger partial charge is 0.234 e. The molecule has 2 aromatic rings. The Balaban J connectivity index is 1.88. The molecule has 0 aromatic carbocycles. The van der Waals surface area contributed by atoms with Crippen molar-refractivity contribution in [3.05, 3.63) is 18.0 Å². The third-order valence-corrected chi connectivity index (χ3v) is 3.66. The van der Waals surface area contributed by atoms with Gasteiger partial charge in [-0.2, -0.15) is 4.98 Å². The molecule has 100 valence electrons. The number of methoxy groups -OCH3 is 1. The Hall–Kier alpha value is -2.02. The van der Waals surface area contributed by atoms with Crippen LogP contribution in [0.2, 0.25) is 0 Å². The predicted molar refractivity (Wildman–Crippen MR) is 66.5 cm³/mol. The van der Waals surface area contributed by atoms with Gasteiger partial charge in [0.2, 0.25) is 17.6 Å². The van der Waals surface area contributed by atoms with Crippen LogP contribution in [0.5, 0.6) is 5.88 Å². The minimum absolute atomic E-state index is 0.134. The van der Waals surface area contributed by atoms with Gasteiger partial charge in [0.25, 0.3) is 0 Å². The molecule has 1 aliphatic carbocycles. The van der Waals surface area contributed by atoms with Crippen molar-refractivity contribution in [2.24, 2.45) is 5.73 Å². The molecule has 7 heteroatoms. The fourth-order valence-corrected chi connectivity index (χ4v) is 2.20. The fourth-order valence-electron chi connectivity index (χ4n) is 2.20. The van der Waals surface area contributed by atoms with Crippen molar-refractivity contribution in [1.82, 2.24) is 20.3 Å². The zero-order chi connectivity index (χ0) is 13.3. The molecular formula is C12H15N5O2. The number of nitrogens with two attached hydrogens (primary N) is 1. The summed E-state index contributed by atoms with van der Waals surface area (Å²) in [4.78, 5) is 4.40. The minimum atomic E-state index is -0.134. The van der Waals surface area contributed by atoms with E-state index in [4.69, 9.17) is 15.0 Å². The van der Waals surface area contributed by atoms with E-state index in [1.54, 1.807) is 12.1 Å². The second-order valence-electron chi connectivity index (χ2n) is 4.72. The van der Waals surface area contributed by atoms with E-state index in [0.29, 0.717) is 29.8 Å². The quantitative estimate of drug-likeness (QED) is 0.873. The lowest BCUT2D eigenvalue weighted by atomic mass is 9.69. The van der Waals surface area contributed by atoms with Crippen molar-refractivity contribution in [2.45, 2.75) is 24.7 Å². The molecule has 0 atom stereocenters. The van der Waals surface area contributed by atoms with Gasteiger partial charge < -0.3 is 15.0 Å². The number of hydrogen-bond donors (Lipinski definition) is 1. The van der Waals surface area contributed by atoms with E-state index >= 15 is 0 Å². The first-order valence-corrected chi connectivity index (χ1v) is 6.20. The lowest BCUT2D eigenvalue weighted by Crippen LogP contribution is -2.41. The van der Waals surface area contributed by atoms with Gasteiger partial charge in [0.1, 0.15) is 5.69 Å². The molecular weight excluding hydrogens is 246 g/mol. The van der Waals surface area contributed by atoms with Gasteiger partial charge in [-0.05, 0) is 18.9 Å². The SMILES string of the molecule is COc1ccc(-c2noc(C3(CN)CCC3)n2)nn1. The number of aromatic nitrogens is 4. The Kier molecular flexibility index (Phi) is 2.90. The Morgan fingerprint density at radius 1 is 1.37 bits per heavy atom. The molecule has 1 fully saturated rings. The number of hydrogen-bond acceptors (Lipinski definition) is 7. The van der Waals surface area contributed by atoms with Gasteiger partial charge in [0.15, 0.2) is 0 Å². The summed E-state index contributed by atoms with van der Waals surface area (Å²) < 4.78 is 10.3. The maximum Gasteiger partial charge on any atom is 0.234 e. The third kappa shape index (κ3) is 1.95. The lowest BCUT2D eigenvalue weighted by Gasteiger charge is -2.36. The predicted octanol–water partition coefficient (Wildman–Crippen LogP) is 0.916. The van der Waals surface area contributed by atoms with Crippen LogP contribution < -0.4 is 10.5 Å². The van der Waals surface area contributed by atoms with Crippen LogP contribution in [0.15, 0.2) is 16.7 Å². The molecule has 0 bridgehead atoms. The molecule has 19 heavy (non-hydrogen) atoms. The maximum absolute atomic E-state index is 5.81. The first kappa shape index (κ1) is 12.0. The zero-order valence-electron chi connectivity index (χ0n) is 10.7. The summed E-state index contributed by atoms with van der Waals surface area (Å²) in [5.41, 5.74) is 6.24. The van der Waals surface area contributed by atoms with E-state index in [1.165, 1.54) is 7.11 Å². The van der Waals surface area contributed by atoms with E-state index in [0.717, 1.165) is 19.3 Å². The van der Waals surface area contributed by atoms with E-state index in [9.17, 15) is 0 Å². The lowest BCUT2D eigenvalue weighted by molar-refractivity contribution is 0.182. The number of ether oxygens (including phenoxy) is 1. The van der Waals surface area contributed by atoms with Crippen molar-refractivity contribution in [2.75, 3.05) is 13.7 Å². The van der Waals surface area contributed by atoms with Crippen LogP contribution in [0.4, 0.5) is 0 Å². The molecule has 3 rings (SSSR count). The molecule has 0 radical (unpaired) electrons. The van der Waals surface area contributed by atoms with Crippen LogP contribution in [0.3, 0.4) is 0 Å². The molecule has 2 aromatic heterocycles. The van der Waals surface area contributed by atoms with Gasteiger partial charge in [-0.3, -0.25) is 0 Å². The van der Waals surface area contributed by atoms with Crippen molar-refractivity contribution in [1.29, 1.82) is 0 Å². The molecule has 1 aliphatic rings. The Bertz CT molecular complexity index is 556. The largest absolute Gasteiger partial charge is 0.480 e. The summed E-state index contributed by atoms with van der Waals surface area (Å²) in [6.45, 7) is 0.531. The second-order valence-corrected chi connectivity index (χ2v) is 4.72. The van der Waals surface area contributed by atoms with Crippen LogP contribution in [0, 0.1) is 0 Å². The molecule has 0 spiro atoms. The molecule has 2 heterocycles. The van der Waals surface area contributed by atoms with Crippen molar-refractivity contribution >= 4 is 0 Å². The normalized spacial score (nSPS) is 16.9. The van der Waals surface area contributed by atoms with Crippen LogP contribution >= 0.6 is 0 Å². The topological polar surface area (TPSA) is 100.0 Å². The van der Waals surface area contributed by atoms with E-state index in [1.807, 2.05) is 0 Å². The monoisotopic (exact) mass is 261 g/mol. The van der Waals surface area contributed by atoms with E-state index in [-0.39, 0.29) is 5.41 Å². The van der Waals surface area contributed by atoms with Gasteiger partial charge >= 0.3 is 0 Å². The zero-order valence-corrected chi connectivity index (χ0v) is 10.7. The van der Waals surface area contributed by atoms with Gasteiger partial charge in [-0.1, -0.05) is 11.6 Å². The molecule has 7 nitrogen and oxygen atoms in total. The molecule has 2 N–H and O–H groups in total. The van der Waals surface area contributed by atoms with Gasteiger partial charge in [0.05, 0.1) is 12.5 Å². The van der Waals surface area contributed by atoms with Crippen LogP contribution in [-0.4, -0.2) is 34.0 Å². The molecule has 1 saturated carbocycles. The Labute approximate surface area is 110 Å². The van der Waals surface area contributed by atoms with Crippen molar-refractivity contribution in [3.8, 4) is 17.4 Å². The summed E-state index contributed by atoms with van der Waals surface area (Å²) in [6, 6.07) is 3.46. The molecule has 0 saturated heterocycles. The third-order valence-electron chi connectivity index (χ3n) is 3.66. The molecule has 0 amide bonds. The van der Waals surface area contributed by atoms with Gasteiger partial charge in [0, 0.05) is 12.6 Å². The average Bonchev–Trinajstić information content (AvgIpc) is 2.88. The van der Waals surface area contributed by atoms with E-state index in [2.05, 4.69) is 20.3 Å². The van der Waals surface area contributed by atoms with Crippen LogP contribution in [0.25, 0.3) is 11.5 Å². The highest BCUT2D eigenvalue weighted by Crippen LogP contribution is 2.42. The first-order chi connectivity index (χ1) is 9.27. The second kappa shape index (κ2) is 4.58. The Morgan fingerprint density at radius 2 is 2.21 bits per heavy atom. The van der Waals surface area contributed by atoms with E-state index < -0.39 is 0 Å². The molecule has 0 aliphatic heterocycles. The fraction of sp³-hybridized carbons (Fsp3) is 0.500. The first-order valence-electron chi connectivity index (χ1n) is 6.20.